The van der Waals surface area contributed by atoms with Gasteiger partial charge < -0.3 is 20.2 Å². The zero-order valence-electron chi connectivity index (χ0n) is 19.2. The minimum Gasteiger partial charge on any atom is -0.378 e. The van der Waals surface area contributed by atoms with Crippen LogP contribution in [0.15, 0.2) is 52.6 Å². The second-order valence-corrected chi connectivity index (χ2v) is 8.54. The van der Waals surface area contributed by atoms with Gasteiger partial charge in [0.05, 0.1) is 35.7 Å². The number of ether oxygens (including phenoxy) is 1. The minimum absolute atomic E-state index is 0.00653. The number of aliphatic imine (C=N–C) groups is 1. The highest BCUT2D eigenvalue weighted by molar-refractivity contribution is 6.02. The molecule has 1 atom stereocenters. The lowest BCUT2D eigenvalue weighted by molar-refractivity contribution is -0.276. The maximum absolute atomic E-state index is 14.2. The van der Waals surface area contributed by atoms with Crippen molar-refractivity contribution in [1.29, 1.82) is 0 Å². The van der Waals surface area contributed by atoms with Crippen LogP contribution in [0.4, 0.5) is 45.2 Å². The third kappa shape index (κ3) is 5.51. The average Bonchev–Trinajstić information content (AvgIpc) is 3.31. The Morgan fingerprint density at radius 3 is 1.92 bits per heavy atom. The van der Waals surface area contributed by atoms with Crippen LogP contribution in [-0.2, 0) is 27.5 Å². The van der Waals surface area contributed by atoms with Crippen molar-refractivity contribution in [2.75, 3.05) is 26.3 Å². The van der Waals surface area contributed by atoms with Crippen LogP contribution in [0.5, 0.6) is 0 Å². The molecular weight excluding hydrogens is 535 g/mol. The Hall–Kier alpha value is -3.49. The summed E-state index contributed by atoms with van der Waals surface area (Å²) in [5.74, 6) is 0.198. The molecule has 6 nitrogen and oxygen atoms in total. The quantitative estimate of drug-likeness (QED) is 0.305. The van der Waals surface area contributed by atoms with E-state index in [-0.39, 0.29) is 35.4 Å². The summed E-state index contributed by atoms with van der Waals surface area (Å²) in [7, 11) is 0. The smallest absolute Gasteiger partial charge is 0.378 e. The molecule has 0 radical (unpaired) electrons. The van der Waals surface area contributed by atoms with E-state index in [1.54, 1.807) is 4.90 Å². The van der Waals surface area contributed by atoms with E-state index < -0.39 is 47.2 Å². The first-order valence-electron chi connectivity index (χ1n) is 11.0. The molecule has 2 heterocycles. The number of hydrogen-bond acceptors (Lipinski definition) is 4. The van der Waals surface area contributed by atoms with Crippen molar-refractivity contribution in [2.45, 2.75) is 30.6 Å². The summed E-state index contributed by atoms with van der Waals surface area (Å²) in [5, 5.41) is 3.40. The number of halogens is 9. The SMILES string of the molecule is NC(=Nc1ccc(C2=NOC(c3cc(C(F)(F)F)cc(C(F)(F)F)c3)(C(F)(F)F)C2)cc1)N1CCOCC1. The highest BCUT2D eigenvalue weighted by atomic mass is 19.4. The average molecular weight is 554 g/mol. The number of morpholine rings is 1. The third-order valence-electron chi connectivity index (χ3n) is 6.02. The Morgan fingerprint density at radius 1 is 0.868 bits per heavy atom. The van der Waals surface area contributed by atoms with Gasteiger partial charge in [-0.1, -0.05) is 17.3 Å². The maximum atomic E-state index is 14.2. The number of nitrogens with zero attached hydrogens (tertiary/aromatic N) is 3. The summed E-state index contributed by atoms with van der Waals surface area (Å²) in [5.41, 5.74) is -2.65. The summed E-state index contributed by atoms with van der Waals surface area (Å²) in [6.45, 7) is 1.97. The summed E-state index contributed by atoms with van der Waals surface area (Å²) in [6.07, 6.45) is -17.3. The van der Waals surface area contributed by atoms with Gasteiger partial charge in [-0.2, -0.15) is 39.5 Å². The first-order valence-corrected chi connectivity index (χ1v) is 11.0. The molecule has 1 saturated heterocycles. The van der Waals surface area contributed by atoms with Crippen LogP contribution in [0.3, 0.4) is 0 Å². The molecule has 0 aromatic heterocycles. The summed E-state index contributed by atoms with van der Waals surface area (Å²) < 4.78 is 128. The van der Waals surface area contributed by atoms with E-state index in [1.165, 1.54) is 24.3 Å². The van der Waals surface area contributed by atoms with Gasteiger partial charge in [0.1, 0.15) is 0 Å². The van der Waals surface area contributed by atoms with Gasteiger partial charge in [0, 0.05) is 25.1 Å². The molecule has 2 aliphatic heterocycles. The van der Waals surface area contributed by atoms with Crippen molar-refractivity contribution in [3.05, 3.63) is 64.7 Å². The number of nitrogens with two attached hydrogens (primary N) is 1. The highest BCUT2D eigenvalue weighted by Crippen LogP contribution is 2.50. The standard InChI is InChI=1S/C23H19F9N4O2/c24-21(25,26)15-9-14(10-16(11-15)22(27,28)29)20(23(30,31)32)12-18(35-38-20)13-1-3-17(4-2-13)34-19(33)36-5-7-37-8-6-36/h1-4,9-11H,5-8,12H2,(H2,33,34). The van der Waals surface area contributed by atoms with Gasteiger partial charge >= 0.3 is 18.5 Å². The van der Waals surface area contributed by atoms with Crippen molar-refractivity contribution >= 4 is 17.4 Å². The van der Waals surface area contributed by atoms with Crippen LogP contribution in [0.2, 0.25) is 0 Å². The van der Waals surface area contributed by atoms with Gasteiger partial charge in [0.15, 0.2) is 5.96 Å². The van der Waals surface area contributed by atoms with E-state index in [1.807, 2.05) is 0 Å². The number of benzene rings is 2. The Bertz CT molecular complexity index is 1200. The largest absolute Gasteiger partial charge is 0.435 e. The molecule has 0 amide bonds. The van der Waals surface area contributed by atoms with E-state index in [2.05, 4.69) is 15.0 Å². The third-order valence-corrected chi connectivity index (χ3v) is 6.02. The summed E-state index contributed by atoms with van der Waals surface area (Å²) >= 11 is 0. The topological polar surface area (TPSA) is 72.4 Å². The first-order chi connectivity index (χ1) is 17.6. The van der Waals surface area contributed by atoms with Crippen molar-refractivity contribution in [3.63, 3.8) is 0 Å². The lowest BCUT2D eigenvalue weighted by Gasteiger charge is -2.30. The molecule has 2 aliphatic rings. The number of rotatable bonds is 3. The Morgan fingerprint density at radius 2 is 1.42 bits per heavy atom. The van der Waals surface area contributed by atoms with Crippen molar-refractivity contribution in [2.24, 2.45) is 15.9 Å². The Balaban J connectivity index is 1.65. The Labute approximate surface area is 209 Å². The normalized spacial score (nSPS) is 21.3. The first kappa shape index (κ1) is 27.5. The van der Waals surface area contributed by atoms with Crippen LogP contribution < -0.4 is 5.73 Å². The molecule has 1 fully saturated rings. The Kier molecular flexibility index (Phi) is 7.01. The van der Waals surface area contributed by atoms with Gasteiger partial charge in [0.2, 0.25) is 0 Å². The van der Waals surface area contributed by atoms with E-state index in [4.69, 9.17) is 10.5 Å². The van der Waals surface area contributed by atoms with E-state index in [9.17, 15) is 39.5 Å². The van der Waals surface area contributed by atoms with Gasteiger partial charge in [-0.25, -0.2) is 4.99 Å². The molecule has 0 aliphatic carbocycles. The fraction of sp³-hybridized carbons (Fsp3) is 0.391. The number of guanidine groups is 1. The molecule has 2 aromatic carbocycles. The lowest BCUT2D eigenvalue weighted by Crippen LogP contribution is -2.44. The van der Waals surface area contributed by atoms with Gasteiger partial charge in [-0.15, -0.1) is 0 Å². The predicted molar refractivity (Wildman–Crippen MR) is 117 cm³/mol. The molecule has 1 unspecified atom stereocenters. The zero-order chi connectivity index (χ0) is 27.9. The predicted octanol–water partition coefficient (Wildman–Crippen LogP) is 5.58. The van der Waals surface area contributed by atoms with E-state index >= 15 is 0 Å². The fourth-order valence-electron chi connectivity index (χ4n) is 3.97. The molecule has 0 bridgehead atoms. The summed E-state index contributed by atoms with van der Waals surface area (Å²) in [6, 6.07) is 5.25. The fourth-order valence-corrected chi connectivity index (χ4v) is 3.97. The van der Waals surface area contributed by atoms with Gasteiger partial charge in [-0.05, 0) is 35.9 Å². The van der Waals surface area contributed by atoms with Gasteiger partial charge in [0.25, 0.3) is 5.60 Å². The highest BCUT2D eigenvalue weighted by Gasteiger charge is 2.63. The van der Waals surface area contributed by atoms with E-state index in [0.717, 1.165) is 0 Å². The van der Waals surface area contributed by atoms with Crippen LogP contribution in [-0.4, -0.2) is 49.1 Å². The maximum Gasteiger partial charge on any atom is 0.435 e. The second-order valence-electron chi connectivity index (χ2n) is 8.54. The molecule has 2 N–H and O–H groups in total. The molecule has 15 heteroatoms. The zero-order valence-corrected chi connectivity index (χ0v) is 19.2. The van der Waals surface area contributed by atoms with Crippen molar-refractivity contribution < 1.29 is 49.1 Å². The van der Waals surface area contributed by atoms with E-state index in [0.29, 0.717) is 32.0 Å². The van der Waals surface area contributed by atoms with Gasteiger partial charge in [-0.3, -0.25) is 0 Å². The molecule has 4 rings (SSSR count). The molecule has 2 aromatic rings. The lowest BCUT2D eigenvalue weighted by atomic mass is 9.84. The van der Waals surface area contributed by atoms with Crippen LogP contribution in [0.1, 0.15) is 28.7 Å². The monoisotopic (exact) mass is 554 g/mol. The number of oxime groups is 1. The molecule has 206 valence electrons. The minimum atomic E-state index is -5.41. The van der Waals surface area contributed by atoms with Crippen molar-refractivity contribution in [3.8, 4) is 0 Å². The number of hydrogen-bond donors (Lipinski definition) is 1. The molecular formula is C23H19F9N4O2. The summed E-state index contributed by atoms with van der Waals surface area (Å²) in [4.78, 5) is 10.6. The van der Waals surface area contributed by atoms with Crippen LogP contribution >= 0.6 is 0 Å². The molecule has 38 heavy (non-hydrogen) atoms. The van der Waals surface area contributed by atoms with Crippen LogP contribution in [0, 0.1) is 0 Å². The second kappa shape index (κ2) is 9.67. The molecule has 0 spiro atoms. The van der Waals surface area contributed by atoms with Crippen LogP contribution in [0.25, 0.3) is 0 Å². The number of alkyl halides is 9. The molecule has 0 saturated carbocycles. The van der Waals surface area contributed by atoms with Crippen molar-refractivity contribution in [1.82, 2.24) is 4.90 Å².